The number of rotatable bonds is 0. The van der Waals surface area contributed by atoms with Crippen LogP contribution in [0.2, 0.25) is 0 Å². The van der Waals surface area contributed by atoms with Crippen molar-refractivity contribution in [1.29, 1.82) is 5.41 Å². The van der Waals surface area contributed by atoms with E-state index in [1.165, 1.54) is 0 Å². The van der Waals surface area contributed by atoms with Gasteiger partial charge >= 0.3 is 0 Å². The van der Waals surface area contributed by atoms with Gasteiger partial charge in [0.25, 0.3) is 0 Å². The van der Waals surface area contributed by atoms with E-state index in [1.807, 2.05) is 0 Å². The summed E-state index contributed by atoms with van der Waals surface area (Å²) in [5.41, 5.74) is 3.37. The summed E-state index contributed by atoms with van der Waals surface area (Å²) in [6.45, 7) is 0. The number of nitrogens with one attached hydrogen (secondary N) is 2. The highest BCUT2D eigenvalue weighted by Gasteiger charge is 2.24. The predicted octanol–water partition coefficient (Wildman–Crippen LogP) is 1.86. The monoisotopic (exact) mass is 276 g/mol. The van der Waals surface area contributed by atoms with Crippen LogP contribution in [0.4, 0.5) is 5.69 Å². The van der Waals surface area contributed by atoms with Crippen LogP contribution >= 0.6 is 27.7 Å². The number of anilines is 1. The maximum atomic E-state index is 9.45. The number of halogens is 2. The van der Waals surface area contributed by atoms with Crippen LogP contribution in [0.5, 0.6) is 0 Å². The molecule has 0 saturated heterocycles. The van der Waals surface area contributed by atoms with Gasteiger partial charge in [-0.25, -0.2) is 0 Å². The Morgan fingerprint density at radius 3 is 2.93 bits per heavy atom. The molecule has 3 N–H and O–H groups in total. The zero-order chi connectivity index (χ0) is 10.3. The van der Waals surface area contributed by atoms with Gasteiger partial charge in [-0.15, -0.1) is 5.53 Å². The number of amidine groups is 1. The molecule has 0 amide bonds. The summed E-state index contributed by atoms with van der Waals surface area (Å²) in [6.07, 6.45) is 0. The highest BCUT2D eigenvalue weighted by Crippen LogP contribution is 2.27. The molecule has 0 radical (unpaired) electrons. The number of benzene rings is 1. The van der Waals surface area contributed by atoms with Crippen LogP contribution in [0, 0.1) is 5.41 Å². The average molecular weight is 278 g/mol. The van der Waals surface area contributed by atoms with E-state index >= 15 is 0 Å². The Morgan fingerprint density at radius 2 is 2.21 bits per heavy atom. The maximum absolute atomic E-state index is 9.45. The Labute approximate surface area is 93.5 Å². The standard InChI is InChI=1S/C7H6BrClN4O/c8-4-1-2-5-6(3-4)13(14)11-12(9)7(5)10/h1-3,10-11,14H. The van der Waals surface area contributed by atoms with E-state index in [9.17, 15) is 5.21 Å². The van der Waals surface area contributed by atoms with Gasteiger partial charge in [-0.3, -0.25) is 10.6 Å². The molecule has 14 heavy (non-hydrogen) atoms. The molecule has 1 aliphatic heterocycles. The van der Waals surface area contributed by atoms with Gasteiger partial charge in [-0.05, 0) is 18.2 Å². The van der Waals surface area contributed by atoms with E-state index < -0.39 is 0 Å². The van der Waals surface area contributed by atoms with E-state index in [0.717, 1.165) is 14.2 Å². The summed E-state index contributed by atoms with van der Waals surface area (Å²) in [5.74, 6) is 0.0828. The minimum Gasteiger partial charge on any atom is -0.282 e. The SMILES string of the molecule is N=C1c2ccc(Br)cc2N(O)NN1Cl. The lowest BCUT2D eigenvalue weighted by Crippen LogP contribution is -2.51. The van der Waals surface area contributed by atoms with Gasteiger partial charge in [0.05, 0.1) is 5.69 Å². The van der Waals surface area contributed by atoms with Gasteiger partial charge in [0.1, 0.15) is 0 Å². The van der Waals surface area contributed by atoms with Crippen molar-refractivity contribution in [3.8, 4) is 0 Å². The van der Waals surface area contributed by atoms with Crippen LogP contribution < -0.4 is 10.7 Å². The number of hydrogen-bond donors (Lipinski definition) is 3. The first kappa shape index (κ1) is 9.72. The summed E-state index contributed by atoms with van der Waals surface area (Å²) in [6, 6.07) is 5.15. The molecule has 0 unspecified atom stereocenters. The normalized spacial score (nSPS) is 15.8. The van der Waals surface area contributed by atoms with Crippen LogP contribution in [0.15, 0.2) is 22.7 Å². The van der Waals surface area contributed by atoms with Gasteiger partial charge in [0, 0.05) is 21.8 Å². The van der Waals surface area contributed by atoms with Crippen LogP contribution in [0.1, 0.15) is 5.56 Å². The van der Waals surface area contributed by atoms with Crippen molar-refractivity contribution in [2.24, 2.45) is 0 Å². The number of nitrogens with zero attached hydrogens (tertiary/aromatic N) is 2. The van der Waals surface area contributed by atoms with E-state index in [2.05, 4.69) is 21.5 Å². The second kappa shape index (κ2) is 3.39. The van der Waals surface area contributed by atoms with E-state index in [4.69, 9.17) is 17.2 Å². The van der Waals surface area contributed by atoms with Gasteiger partial charge in [0.15, 0.2) is 5.84 Å². The second-order valence-electron chi connectivity index (χ2n) is 2.70. The molecule has 2 rings (SSSR count). The van der Waals surface area contributed by atoms with Crippen molar-refractivity contribution >= 4 is 39.2 Å². The summed E-state index contributed by atoms with van der Waals surface area (Å²) < 4.78 is 1.71. The molecule has 0 atom stereocenters. The molecule has 0 spiro atoms. The number of hydrogen-bond acceptors (Lipinski definition) is 4. The van der Waals surface area contributed by atoms with Crippen molar-refractivity contribution in [2.75, 3.05) is 5.17 Å². The van der Waals surface area contributed by atoms with Crippen molar-refractivity contribution in [3.63, 3.8) is 0 Å². The summed E-state index contributed by atoms with van der Waals surface area (Å²) in [4.78, 5) is 0. The highest BCUT2D eigenvalue weighted by atomic mass is 79.9. The molecular weight excluding hydrogens is 271 g/mol. The molecule has 5 nitrogen and oxygen atoms in total. The summed E-state index contributed by atoms with van der Waals surface area (Å²) in [5, 5.41) is 17.8. The topological polar surface area (TPSA) is 62.6 Å². The average Bonchev–Trinajstić information content (AvgIpc) is 2.14. The Hall–Kier alpha value is -0.820. The van der Waals surface area contributed by atoms with Crippen LogP contribution in [-0.2, 0) is 0 Å². The largest absolute Gasteiger partial charge is 0.282 e. The lowest BCUT2D eigenvalue weighted by molar-refractivity contribution is 0.165. The first-order chi connectivity index (χ1) is 6.59. The molecule has 74 valence electrons. The van der Waals surface area contributed by atoms with E-state index in [-0.39, 0.29) is 5.84 Å². The Kier molecular flexibility index (Phi) is 2.36. The third-order valence-electron chi connectivity index (χ3n) is 1.82. The molecule has 0 fully saturated rings. The molecule has 7 heteroatoms. The lowest BCUT2D eigenvalue weighted by atomic mass is 10.1. The predicted molar refractivity (Wildman–Crippen MR) is 56.1 cm³/mol. The van der Waals surface area contributed by atoms with Crippen molar-refractivity contribution in [3.05, 3.63) is 28.2 Å². The second-order valence-corrected chi connectivity index (χ2v) is 3.96. The molecule has 1 aliphatic rings. The van der Waals surface area contributed by atoms with E-state index in [1.54, 1.807) is 18.2 Å². The highest BCUT2D eigenvalue weighted by molar-refractivity contribution is 9.10. The summed E-state index contributed by atoms with van der Waals surface area (Å²) in [7, 11) is 0. The fraction of sp³-hybridized carbons (Fsp3) is 0. The molecule has 0 bridgehead atoms. The van der Waals surface area contributed by atoms with Crippen LogP contribution in [-0.4, -0.2) is 15.6 Å². The van der Waals surface area contributed by atoms with Gasteiger partial charge in [-0.2, -0.15) is 9.70 Å². The fourth-order valence-corrected chi connectivity index (χ4v) is 1.68. The third-order valence-corrected chi connectivity index (χ3v) is 2.56. The fourth-order valence-electron chi connectivity index (χ4n) is 1.17. The van der Waals surface area contributed by atoms with Crippen molar-refractivity contribution < 1.29 is 5.21 Å². The molecular formula is C7H6BrClN4O. The van der Waals surface area contributed by atoms with Gasteiger partial charge in [0.2, 0.25) is 0 Å². The first-order valence-corrected chi connectivity index (χ1v) is 4.82. The number of hydrazine groups is 2. The van der Waals surface area contributed by atoms with Crippen molar-refractivity contribution in [1.82, 2.24) is 10.1 Å². The van der Waals surface area contributed by atoms with Gasteiger partial charge < -0.3 is 0 Å². The molecule has 0 aliphatic carbocycles. The smallest absolute Gasteiger partial charge is 0.163 e. The minimum absolute atomic E-state index is 0.0828. The van der Waals surface area contributed by atoms with Crippen LogP contribution in [0.25, 0.3) is 0 Å². The molecule has 0 saturated carbocycles. The Bertz CT molecular complexity index is 399. The van der Waals surface area contributed by atoms with Gasteiger partial charge in [-0.1, -0.05) is 15.9 Å². The van der Waals surface area contributed by atoms with Crippen LogP contribution in [0.3, 0.4) is 0 Å². The van der Waals surface area contributed by atoms with Crippen molar-refractivity contribution in [2.45, 2.75) is 0 Å². The third kappa shape index (κ3) is 1.46. The summed E-state index contributed by atoms with van der Waals surface area (Å²) >= 11 is 8.88. The Morgan fingerprint density at radius 1 is 1.50 bits per heavy atom. The maximum Gasteiger partial charge on any atom is 0.163 e. The molecule has 0 aromatic heterocycles. The quantitative estimate of drug-likeness (QED) is 0.634. The molecule has 1 aromatic rings. The molecule has 1 heterocycles. The number of fused-ring (bicyclic) bond motifs is 1. The Balaban J connectivity index is 2.56. The minimum atomic E-state index is 0.0828. The lowest BCUT2D eigenvalue weighted by Gasteiger charge is -2.31. The van der Waals surface area contributed by atoms with E-state index in [0.29, 0.717) is 11.3 Å². The molecule has 1 aromatic carbocycles. The zero-order valence-electron chi connectivity index (χ0n) is 6.83. The first-order valence-electron chi connectivity index (χ1n) is 3.69. The zero-order valence-corrected chi connectivity index (χ0v) is 9.17.